The third-order valence-electron chi connectivity index (χ3n) is 7.36. The Bertz CT molecular complexity index is 2430. The van der Waals surface area contributed by atoms with Gasteiger partial charge in [0.15, 0.2) is 11.4 Å². The van der Waals surface area contributed by atoms with E-state index in [0.717, 1.165) is 66.0 Å². The third-order valence-corrected chi connectivity index (χ3v) is 11.5. The van der Waals surface area contributed by atoms with E-state index >= 15 is 0 Å². The lowest BCUT2D eigenvalue weighted by molar-refractivity contribution is -0.138. The molecule has 2 heterocycles. The number of ether oxygens (including phenoxy) is 1. The van der Waals surface area contributed by atoms with Crippen LogP contribution in [0.3, 0.4) is 0 Å². The molecular formula is C33H32Cl4F6N6O9S2. The summed E-state index contributed by atoms with van der Waals surface area (Å²) in [5.74, 6) is -1.65. The highest BCUT2D eigenvalue weighted by molar-refractivity contribution is 7.93. The Hall–Kier alpha value is -4.20. The summed E-state index contributed by atoms with van der Waals surface area (Å²) < 4.78 is 138. The van der Waals surface area contributed by atoms with Crippen LogP contribution in [-0.4, -0.2) is 90.9 Å². The fraction of sp³-hybridized carbons (Fsp3) is 0.273. The van der Waals surface area contributed by atoms with Crippen molar-refractivity contribution in [2.24, 2.45) is 0 Å². The molecule has 2 aromatic carbocycles. The van der Waals surface area contributed by atoms with Crippen LogP contribution in [0.15, 0.2) is 70.7 Å². The average Bonchev–Trinajstić information content (AvgIpc) is 3.15. The molecule has 0 fully saturated rings. The summed E-state index contributed by atoms with van der Waals surface area (Å²) in [6.45, 7) is -0.661. The van der Waals surface area contributed by atoms with Crippen molar-refractivity contribution in [3.63, 3.8) is 0 Å². The van der Waals surface area contributed by atoms with Gasteiger partial charge >= 0.3 is 12.4 Å². The topological polar surface area (TPSA) is 178 Å². The van der Waals surface area contributed by atoms with Crippen molar-refractivity contribution in [1.82, 2.24) is 20.1 Å². The van der Waals surface area contributed by atoms with Crippen LogP contribution in [0.4, 0.5) is 37.7 Å². The summed E-state index contributed by atoms with van der Waals surface area (Å²) in [5.41, 5.74) is -4.10. The van der Waals surface area contributed by atoms with E-state index in [2.05, 4.69) is 9.97 Å². The number of rotatable bonds is 12. The molecule has 0 saturated carbocycles. The molecule has 0 unspecified atom stereocenters. The molecule has 330 valence electrons. The number of hydroxylamine groups is 4. The summed E-state index contributed by atoms with van der Waals surface area (Å²) in [6.07, 6.45) is -7.55. The summed E-state index contributed by atoms with van der Waals surface area (Å²) >= 11 is 22.8. The lowest BCUT2D eigenvalue weighted by Gasteiger charge is -2.26. The Morgan fingerprint density at radius 2 is 1.13 bits per heavy atom. The largest absolute Gasteiger partial charge is 0.417 e. The molecule has 4 rings (SSSR count). The van der Waals surface area contributed by atoms with Gasteiger partial charge in [0.1, 0.15) is 6.73 Å². The van der Waals surface area contributed by atoms with E-state index in [1.165, 1.54) is 28.3 Å². The molecule has 4 aromatic rings. The van der Waals surface area contributed by atoms with Gasteiger partial charge in [0, 0.05) is 33.6 Å². The molecule has 1 N–H and O–H groups in total. The second kappa shape index (κ2) is 20.6. The molecule has 0 aliphatic carbocycles. The van der Waals surface area contributed by atoms with E-state index in [9.17, 15) is 52.8 Å². The van der Waals surface area contributed by atoms with E-state index in [1.807, 2.05) is 4.72 Å². The minimum absolute atomic E-state index is 0. The number of nitrogens with zero attached hydrogens (tertiary/aromatic N) is 5. The molecule has 0 aliphatic heterocycles. The van der Waals surface area contributed by atoms with Crippen molar-refractivity contribution in [2.75, 3.05) is 51.2 Å². The molecule has 0 radical (unpaired) electrons. The predicted octanol–water partition coefficient (Wildman–Crippen LogP) is 8.32. The maximum Gasteiger partial charge on any atom is 0.417 e. The number of hydrogen-bond donors (Lipinski definition) is 1. The van der Waals surface area contributed by atoms with Crippen molar-refractivity contribution in [3.05, 3.63) is 104 Å². The van der Waals surface area contributed by atoms with Gasteiger partial charge in [-0.3, -0.25) is 24.0 Å². The fourth-order valence-electron chi connectivity index (χ4n) is 4.42. The second-order valence-electron chi connectivity index (χ2n) is 11.2. The van der Waals surface area contributed by atoms with Gasteiger partial charge in [-0.1, -0.05) is 53.8 Å². The average molecular weight is 977 g/mol. The maximum absolute atomic E-state index is 13.2. The molecule has 60 heavy (non-hydrogen) atoms. The summed E-state index contributed by atoms with van der Waals surface area (Å²) in [7, 11) is -3.15. The number of amides is 2. The number of aromatic nitrogens is 2. The van der Waals surface area contributed by atoms with Crippen molar-refractivity contribution in [3.8, 4) is 0 Å². The molecule has 0 bridgehead atoms. The van der Waals surface area contributed by atoms with Gasteiger partial charge in [-0.2, -0.15) is 26.3 Å². The molecule has 0 spiro atoms. The molecule has 2 amide bonds. The Labute approximate surface area is 359 Å². The van der Waals surface area contributed by atoms with Crippen LogP contribution in [0.25, 0.3) is 0 Å². The van der Waals surface area contributed by atoms with Gasteiger partial charge < -0.3 is 4.74 Å². The molecule has 27 heteroatoms. The molecule has 15 nitrogen and oxygen atoms in total. The first-order chi connectivity index (χ1) is 27.2. The quantitative estimate of drug-likeness (QED) is 0.0821. The zero-order valence-corrected chi connectivity index (χ0v) is 35.1. The van der Waals surface area contributed by atoms with Crippen molar-refractivity contribution >= 4 is 89.6 Å². The smallest absolute Gasteiger partial charge is 0.363 e. The number of anilines is 2. The molecule has 0 atom stereocenters. The first-order valence-electron chi connectivity index (χ1n) is 15.4. The number of nitrogens with one attached hydrogen (secondary N) is 1. The Morgan fingerprint density at radius 1 is 0.700 bits per heavy atom. The van der Waals surface area contributed by atoms with Gasteiger partial charge in [-0.15, -0.1) is 0 Å². The van der Waals surface area contributed by atoms with E-state index in [1.54, 1.807) is 0 Å². The monoisotopic (exact) mass is 974 g/mol. The van der Waals surface area contributed by atoms with Crippen LogP contribution >= 0.6 is 46.4 Å². The van der Waals surface area contributed by atoms with Gasteiger partial charge in [-0.25, -0.2) is 41.2 Å². The molecule has 0 saturated heterocycles. The van der Waals surface area contributed by atoms with Crippen LogP contribution in [0.2, 0.25) is 20.1 Å². The van der Waals surface area contributed by atoms with Crippen molar-refractivity contribution in [2.45, 2.75) is 29.6 Å². The highest BCUT2D eigenvalue weighted by Gasteiger charge is 2.37. The summed E-state index contributed by atoms with van der Waals surface area (Å²) in [5, 5.41) is 0.177. The number of benzene rings is 2. The fourth-order valence-corrected chi connectivity index (χ4v) is 7.67. The first kappa shape index (κ1) is 51.9. The lowest BCUT2D eigenvalue weighted by Crippen LogP contribution is -2.36. The standard InChI is InChI=1S/C17H16Cl2F3N3O5S.C15H12Cl2F3N3O4S.CH4/c1-24(30-3)16(26)15-14(6-10(18)8-23-15)25(9-29-2)31(27,28)11-4-5-13(19)12(7-11)17(20,21)22;1-23(27-2)14(24)13-12(5-8(16)7-21-13)22-28(25,26)9-3-4-11(17)10(6-9)15(18,19)20;/h4-8H,9H2,1-3H3;3-7,22H,1-2H3;1H4. The first-order valence-corrected chi connectivity index (χ1v) is 19.9. The summed E-state index contributed by atoms with van der Waals surface area (Å²) in [4.78, 5) is 40.5. The molecular weight excluding hydrogens is 944 g/mol. The van der Waals surface area contributed by atoms with Gasteiger partial charge in [0.2, 0.25) is 0 Å². The normalized spacial score (nSPS) is 11.8. The number of carbonyl (C=O) groups is 2. The minimum Gasteiger partial charge on any atom is -0.363 e. The van der Waals surface area contributed by atoms with Crippen LogP contribution < -0.4 is 9.03 Å². The lowest BCUT2D eigenvalue weighted by atomic mass is 10.2. The Morgan fingerprint density at radius 3 is 1.60 bits per heavy atom. The van der Waals surface area contributed by atoms with Crippen LogP contribution in [-0.2, 0) is 46.8 Å². The van der Waals surface area contributed by atoms with E-state index in [-0.39, 0.29) is 40.2 Å². The third kappa shape index (κ3) is 12.4. The molecule has 2 aromatic heterocycles. The second-order valence-corrected chi connectivity index (χ2v) is 16.4. The summed E-state index contributed by atoms with van der Waals surface area (Å²) in [6, 6.07) is 6.37. The SMILES string of the molecule is C.COCN(c1cc(Cl)cnc1C(=O)N(C)OC)S(=O)(=O)c1ccc(Cl)c(C(F)(F)F)c1.CON(C)C(=O)c1ncc(Cl)cc1NS(=O)(=O)c1ccc(Cl)c(C(F)(F)F)c1. The van der Waals surface area contributed by atoms with Crippen LogP contribution in [0, 0.1) is 0 Å². The zero-order chi connectivity index (χ0) is 44.8. The number of halogens is 10. The van der Waals surface area contributed by atoms with Crippen molar-refractivity contribution in [1.29, 1.82) is 0 Å². The van der Waals surface area contributed by atoms with Gasteiger partial charge in [0.05, 0.1) is 66.6 Å². The van der Waals surface area contributed by atoms with Gasteiger partial charge in [0.25, 0.3) is 31.9 Å². The van der Waals surface area contributed by atoms with Crippen LogP contribution in [0.1, 0.15) is 39.5 Å². The van der Waals surface area contributed by atoms with Crippen LogP contribution in [0.5, 0.6) is 0 Å². The number of methoxy groups -OCH3 is 1. The zero-order valence-electron chi connectivity index (χ0n) is 30.5. The minimum atomic E-state index is -4.89. The number of carbonyl (C=O) groups excluding carboxylic acids is 2. The van der Waals surface area contributed by atoms with E-state index < -0.39 is 81.9 Å². The molecule has 0 aliphatic rings. The Kier molecular flexibility index (Phi) is 17.8. The van der Waals surface area contributed by atoms with E-state index in [0.29, 0.717) is 16.4 Å². The number of pyridine rings is 2. The predicted molar refractivity (Wildman–Crippen MR) is 209 cm³/mol. The van der Waals surface area contributed by atoms with Crippen molar-refractivity contribution < 1.29 is 67.2 Å². The number of hydrogen-bond acceptors (Lipinski definition) is 11. The maximum atomic E-state index is 13.2. The van der Waals surface area contributed by atoms with E-state index in [4.69, 9.17) is 60.8 Å². The Balaban J connectivity index is 0.000000409. The van der Waals surface area contributed by atoms with Gasteiger partial charge in [-0.05, 0) is 48.5 Å². The highest BCUT2D eigenvalue weighted by atomic mass is 35.5. The number of alkyl halides is 6. The number of sulfonamides is 2. The highest BCUT2D eigenvalue weighted by Crippen LogP contribution is 2.38.